The lowest BCUT2D eigenvalue weighted by Gasteiger charge is -2.36. The molecule has 124 valence electrons. The van der Waals surface area contributed by atoms with Crippen LogP contribution in [0.2, 0.25) is 18.1 Å². The average Bonchev–Trinajstić information content (AvgIpc) is 2.45. The third kappa shape index (κ3) is 4.56. The first-order valence-corrected chi connectivity index (χ1v) is 11.8. The minimum atomic E-state index is -1.69. The summed E-state index contributed by atoms with van der Waals surface area (Å²) < 4.78 is 7.42. The minimum absolute atomic E-state index is 0.251. The molecule has 0 aliphatic rings. The largest absolute Gasteiger partial charge is 0.413 e. The Kier molecular flexibility index (Phi) is 5.54. The predicted molar refractivity (Wildman–Crippen MR) is 106 cm³/mol. The van der Waals surface area contributed by atoms with Crippen LogP contribution < -0.4 is 0 Å². The molecule has 0 aliphatic heterocycles. The molecule has 0 fully saturated rings. The molecule has 0 amide bonds. The summed E-state index contributed by atoms with van der Waals surface area (Å²) in [7, 11) is -1.69. The summed E-state index contributed by atoms with van der Waals surface area (Å²) in [5.74, 6) is 0. The Bertz CT molecular complexity index is 669. The van der Waals surface area contributed by atoms with Crippen molar-refractivity contribution in [3.63, 3.8) is 0 Å². The van der Waals surface area contributed by atoms with Gasteiger partial charge in [0.1, 0.15) is 0 Å². The molecular weight excluding hydrogens is 364 g/mol. The van der Waals surface area contributed by atoms with Crippen molar-refractivity contribution in [2.45, 2.75) is 52.4 Å². The molecule has 0 saturated heterocycles. The summed E-state index contributed by atoms with van der Waals surface area (Å²) in [4.78, 5) is 0. The summed E-state index contributed by atoms with van der Waals surface area (Å²) in [6.45, 7) is 14.3. The van der Waals surface area contributed by atoms with Crippen LogP contribution >= 0.6 is 15.9 Å². The Morgan fingerprint density at radius 1 is 1.00 bits per heavy atom. The van der Waals surface area contributed by atoms with Gasteiger partial charge in [0.05, 0.1) is 6.61 Å². The van der Waals surface area contributed by atoms with Gasteiger partial charge in [-0.25, -0.2) is 0 Å². The highest BCUT2D eigenvalue weighted by Gasteiger charge is 2.36. The average molecular weight is 391 g/mol. The molecule has 1 nitrogen and oxygen atoms in total. The van der Waals surface area contributed by atoms with Crippen molar-refractivity contribution in [3.05, 3.63) is 58.1 Å². The van der Waals surface area contributed by atoms with Crippen molar-refractivity contribution >= 4 is 24.2 Å². The van der Waals surface area contributed by atoms with Gasteiger partial charge >= 0.3 is 0 Å². The Hall–Kier alpha value is -0.903. The van der Waals surface area contributed by atoms with Crippen LogP contribution in [0.25, 0.3) is 11.1 Å². The zero-order valence-electron chi connectivity index (χ0n) is 15.0. The van der Waals surface area contributed by atoms with Gasteiger partial charge in [0.15, 0.2) is 8.32 Å². The Morgan fingerprint density at radius 3 is 2.13 bits per heavy atom. The third-order valence-corrected chi connectivity index (χ3v) is 9.83. The normalized spacial score (nSPS) is 12.5. The number of hydrogen-bond acceptors (Lipinski definition) is 1. The molecule has 0 N–H and O–H groups in total. The zero-order valence-corrected chi connectivity index (χ0v) is 17.6. The van der Waals surface area contributed by atoms with Gasteiger partial charge in [-0.15, -0.1) is 0 Å². The van der Waals surface area contributed by atoms with E-state index in [9.17, 15) is 0 Å². The van der Waals surface area contributed by atoms with Crippen molar-refractivity contribution in [1.29, 1.82) is 0 Å². The van der Waals surface area contributed by atoms with Crippen molar-refractivity contribution in [1.82, 2.24) is 0 Å². The number of rotatable bonds is 4. The molecule has 3 heteroatoms. The van der Waals surface area contributed by atoms with Gasteiger partial charge in [-0.2, -0.15) is 0 Å². The number of benzene rings is 2. The molecule has 0 aliphatic carbocycles. The standard InChI is InChI=1S/C20H27BrOSi/c1-15-13-18(21)11-12-19(15)17-9-7-16(8-10-17)14-22-23(5,6)20(2,3)4/h7-13H,14H2,1-6H3. The van der Waals surface area contributed by atoms with Crippen LogP contribution in [0.5, 0.6) is 0 Å². The summed E-state index contributed by atoms with van der Waals surface area (Å²) >= 11 is 3.52. The monoisotopic (exact) mass is 390 g/mol. The SMILES string of the molecule is Cc1cc(Br)ccc1-c1ccc(CO[Si](C)(C)C(C)(C)C)cc1. The topological polar surface area (TPSA) is 9.23 Å². The van der Waals surface area contributed by atoms with Gasteiger partial charge in [0, 0.05) is 4.47 Å². The summed E-state index contributed by atoms with van der Waals surface area (Å²) in [6.07, 6.45) is 0. The maximum Gasteiger partial charge on any atom is 0.192 e. The minimum Gasteiger partial charge on any atom is -0.413 e. The lowest BCUT2D eigenvalue weighted by Crippen LogP contribution is -2.40. The number of aryl methyl sites for hydroxylation is 1. The quantitative estimate of drug-likeness (QED) is 0.513. The van der Waals surface area contributed by atoms with E-state index in [0.717, 1.165) is 4.47 Å². The Morgan fingerprint density at radius 2 is 1.61 bits per heavy atom. The fraction of sp³-hybridized carbons (Fsp3) is 0.400. The maximum atomic E-state index is 6.30. The second-order valence-electron chi connectivity index (χ2n) is 7.71. The van der Waals surface area contributed by atoms with Crippen LogP contribution in [-0.4, -0.2) is 8.32 Å². The lowest BCUT2D eigenvalue weighted by molar-refractivity contribution is 0.276. The van der Waals surface area contributed by atoms with Crippen LogP contribution in [0.4, 0.5) is 0 Å². The van der Waals surface area contributed by atoms with Gasteiger partial charge in [-0.3, -0.25) is 0 Å². The van der Waals surface area contributed by atoms with Crippen LogP contribution in [0, 0.1) is 6.92 Å². The van der Waals surface area contributed by atoms with E-state index in [2.05, 4.69) is 99.2 Å². The molecule has 0 aromatic heterocycles. The van der Waals surface area contributed by atoms with E-state index in [1.54, 1.807) is 0 Å². The molecule has 23 heavy (non-hydrogen) atoms. The van der Waals surface area contributed by atoms with Crippen molar-refractivity contribution in [3.8, 4) is 11.1 Å². The highest BCUT2D eigenvalue weighted by molar-refractivity contribution is 9.10. The zero-order chi connectivity index (χ0) is 17.3. The lowest BCUT2D eigenvalue weighted by atomic mass is 10.00. The van der Waals surface area contributed by atoms with E-state index in [-0.39, 0.29) is 5.04 Å². The molecule has 0 bridgehead atoms. The summed E-state index contributed by atoms with van der Waals surface area (Å²) in [5, 5.41) is 0.251. The van der Waals surface area contributed by atoms with E-state index in [0.29, 0.717) is 6.61 Å². The van der Waals surface area contributed by atoms with Crippen molar-refractivity contribution in [2.24, 2.45) is 0 Å². The molecule has 0 atom stereocenters. The van der Waals surface area contributed by atoms with Crippen molar-refractivity contribution in [2.75, 3.05) is 0 Å². The van der Waals surface area contributed by atoms with Crippen LogP contribution in [-0.2, 0) is 11.0 Å². The molecule has 0 radical (unpaired) electrons. The van der Waals surface area contributed by atoms with Crippen LogP contribution in [0.3, 0.4) is 0 Å². The van der Waals surface area contributed by atoms with Gasteiger partial charge in [0.2, 0.25) is 0 Å². The molecule has 2 aromatic rings. The Balaban J connectivity index is 2.11. The fourth-order valence-electron chi connectivity index (χ4n) is 2.21. The van der Waals surface area contributed by atoms with E-state index in [1.807, 2.05) is 0 Å². The first-order valence-electron chi connectivity index (χ1n) is 8.09. The van der Waals surface area contributed by atoms with E-state index < -0.39 is 8.32 Å². The summed E-state index contributed by atoms with van der Waals surface area (Å²) in [6, 6.07) is 15.2. The van der Waals surface area contributed by atoms with E-state index in [4.69, 9.17) is 4.43 Å². The number of halogens is 1. The van der Waals surface area contributed by atoms with E-state index in [1.165, 1.54) is 22.3 Å². The van der Waals surface area contributed by atoms with Gasteiger partial charge < -0.3 is 4.43 Å². The number of hydrogen-bond donors (Lipinski definition) is 0. The summed E-state index contributed by atoms with van der Waals surface area (Å²) in [5.41, 5.74) is 5.06. The fourth-order valence-corrected chi connectivity index (χ4v) is 3.65. The van der Waals surface area contributed by atoms with Crippen molar-refractivity contribution < 1.29 is 4.43 Å². The smallest absolute Gasteiger partial charge is 0.192 e. The maximum absolute atomic E-state index is 6.30. The molecule has 2 aromatic carbocycles. The third-order valence-electron chi connectivity index (χ3n) is 4.86. The molecule has 2 rings (SSSR count). The van der Waals surface area contributed by atoms with Crippen LogP contribution in [0.1, 0.15) is 31.9 Å². The molecule has 0 heterocycles. The van der Waals surface area contributed by atoms with E-state index >= 15 is 0 Å². The van der Waals surface area contributed by atoms with Gasteiger partial charge in [-0.1, -0.05) is 67.0 Å². The molecule has 0 spiro atoms. The molecular formula is C20H27BrOSi. The second-order valence-corrected chi connectivity index (χ2v) is 13.4. The van der Waals surface area contributed by atoms with Gasteiger partial charge in [0.25, 0.3) is 0 Å². The Labute approximate surface area is 150 Å². The molecule has 0 unspecified atom stereocenters. The van der Waals surface area contributed by atoms with Gasteiger partial charge in [-0.05, 0) is 59.4 Å². The first-order chi connectivity index (χ1) is 10.6. The second kappa shape index (κ2) is 6.92. The van der Waals surface area contributed by atoms with Crippen LogP contribution in [0.15, 0.2) is 46.9 Å². The predicted octanol–water partition coefficient (Wildman–Crippen LogP) is 6.95. The first kappa shape index (κ1) is 18.4. The molecule has 0 saturated carbocycles. The highest BCUT2D eigenvalue weighted by Crippen LogP contribution is 2.37. The highest BCUT2D eigenvalue weighted by atomic mass is 79.9.